The highest BCUT2D eigenvalue weighted by Crippen LogP contribution is 2.17. The first-order valence-electron chi connectivity index (χ1n) is 15.4. The van der Waals surface area contributed by atoms with Crippen molar-refractivity contribution in [2.24, 2.45) is 5.92 Å². The normalized spacial score (nSPS) is 13.2. The minimum Gasteiger partial charge on any atom is -0.391 e. The molecule has 0 aliphatic rings. The molecule has 44 heavy (non-hydrogen) atoms. The van der Waals surface area contributed by atoms with E-state index in [9.17, 15) is 19.5 Å². The summed E-state index contributed by atoms with van der Waals surface area (Å²) in [6.45, 7) is 4.27. The van der Waals surface area contributed by atoms with E-state index in [0.717, 1.165) is 33.9 Å². The number of carbonyl (C=O) groups excluding carboxylic acids is 3. The number of carbonyl (C=O) groups is 3. The first-order chi connectivity index (χ1) is 21.3. The first-order valence-corrected chi connectivity index (χ1v) is 15.4. The number of hydrogen-bond donors (Lipinski definition) is 4. The summed E-state index contributed by atoms with van der Waals surface area (Å²) in [6, 6.07) is 32.0. The molecule has 0 bridgehead atoms. The average molecular weight is 594 g/mol. The van der Waals surface area contributed by atoms with Crippen molar-refractivity contribution < 1.29 is 19.5 Å². The fourth-order valence-electron chi connectivity index (χ4n) is 5.28. The van der Waals surface area contributed by atoms with Crippen molar-refractivity contribution in [3.63, 3.8) is 0 Å². The number of hydrogen-bond acceptors (Lipinski definition) is 4. The number of nitrogens with one attached hydrogen (secondary N) is 3. The Bertz CT molecular complexity index is 1510. The Morgan fingerprint density at radius 3 is 2.02 bits per heavy atom. The van der Waals surface area contributed by atoms with Gasteiger partial charge in [-0.05, 0) is 52.6 Å². The Morgan fingerprint density at radius 1 is 0.705 bits per heavy atom. The molecule has 0 aromatic heterocycles. The van der Waals surface area contributed by atoms with Gasteiger partial charge in [0.05, 0.1) is 18.6 Å². The van der Waals surface area contributed by atoms with Crippen molar-refractivity contribution in [1.82, 2.24) is 16.0 Å². The highest BCUT2D eigenvalue weighted by Gasteiger charge is 2.29. The summed E-state index contributed by atoms with van der Waals surface area (Å²) >= 11 is 0. The van der Waals surface area contributed by atoms with Gasteiger partial charge >= 0.3 is 0 Å². The predicted molar refractivity (Wildman–Crippen MR) is 175 cm³/mol. The van der Waals surface area contributed by atoms with Crippen molar-refractivity contribution >= 4 is 28.5 Å². The molecule has 0 aliphatic heterocycles. The smallest absolute Gasteiger partial charge is 0.243 e. The molecule has 0 saturated heterocycles. The van der Waals surface area contributed by atoms with Crippen LogP contribution in [0.1, 0.15) is 43.4 Å². The van der Waals surface area contributed by atoms with Crippen LogP contribution in [-0.4, -0.2) is 47.6 Å². The Morgan fingerprint density at radius 2 is 1.34 bits per heavy atom. The second kappa shape index (κ2) is 16.4. The van der Waals surface area contributed by atoms with Gasteiger partial charge in [0.2, 0.25) is 17.7 Å². The van der Waals surface area contributed by atoms with Crippen LogP contribution in [0.4, 0.5) is 0 Å². The quantitative estimate of drug-likeness (QED) is 0.160. The van der Waals surface area contributed by atoms with Crippen LogP contribution in [-0.2, 0) is 33.6 Å². The molecule has 0 aliphatic carbocycles. The second-order valence-corrected chi connectivity index (χ2v) is 11.6. The lowest BCUT2D eigenvalue weighted by Gasteiger charge is -2.28. The molecule has 7 heteroatoms. The van der Waals surface area contributed by atoms with Crippen molar-refractivity contribution in [3.8, 4) is 0 Å². The van der Waals surface area contributed by atoms with Crippen molar-refractivity contribution in [1.29, 1.82) is 0 Å². The van der Waals surface area contributed by atoms with E-state index in [4.69, 9.17) is 0 Å². The number of aliphatic hydroxyl groups is 1. The van der Waals surface area contributed by atoms with Gasteiger partial charge in [0, 0.05) is 13.0 Å². The highest BCUT2D eigenvalue weighted by molar-refractivity contribution is 5.90. The summed E-state index contributed by atoms with van der Waals surface area (Å²) in [6.07, 6.45) is 0.629. The SMILES string of the molecule is CC(C)C(NC(=O)Cc1ccc2ccccc2c1)C(=O)NC(Cc1ccccc1)C(O)CCC(=O)NCCc1ccccc1. The van der Waals surface area contributed by atoms with E-state index >= 15 is 0 Å². The molecule has 4 rings (SSSR count). The van der Waals surface area contributed by atoms with Crippen LogP contribution in [0.25, 0.3) is 10.8 Å². The molecule has 0 radical (unpaired) electrons. The largest absolute Gasteiger partial charge is 0.391 e. The van der Waals surface area contributed by atoms with E-state index in [0.29, 0.717) is 13.0 Å². The monoisotopic (exact) mass is 593 g/mol. The van der Waals surface area contributed by atoms with Crippen LogP contribution in [0.3, 0.4) is 0 Å². The molecular formula is C37H43N3O4. The summed E-state index contributed by atoms with van der Waals surface area (Å²) < 4.78 is 0. The van der Waals surface area contributed by atoms with Gasteiger partial charge in [-0.1, -0.05) is 117 Å². The van der Waals surface area contributed by atoms with E-state index in [-0.39, 0.29) is 42.9 Å². The van der Waals surface area contributed by atoms with E-state index in [2.05, 4.69) is 16.0 Å². The summed E-state index contributed by atoms with van der Waals surface area (Å²) in [5.41, 5.74) is 2.96. The molecular weight excluding hydrogens is 550 g/mol. The molecule has 3 unspecified atom stereocenters. The van der Waals surface area contributed by atoms with E-state index in [1.54, 1.807) is 0 Å². The topological polar surface area (TPSA) is 108 Å². The minimum absolute atomic E-state index is 0.132. The van der Waals surface area contributed by atoms with Crippen LogP contribution < -0.4 is 16.0 Å². The fraction of sp³-hybridized carbons (Fsp3) is 0.324. The number of aliphatic hydroxyl groups excluding tert-OH is 1. The third-order valence-corrected chi connectivity index (χ3v) is 7.78. The maximum Gasteiger partial charge on any atom is 0.243 e. The van der Waals surface area contributed by atoms with Crippen LogP contribution in [0.15, 0.2) is 103 Å². The number of fused-ring (bicyclic) bond motifs is 1. The van der Waals surface area contributed by atoms with Crippen molar-refractivity contribution in [3.05, 3.63) is 120 Å². The van der Waals surface area contributed by atoms with Gasteiger partial charge in [-0.25, -0.2) is 0 Å². The van der Waals surface area contributed by atoms with Gasteiger partial charge < -0.3 is 21.1 Å². The fourth-order valence-corrected chi connectivity index (χ4v) is 5.28. The van der Waals surface area contributed by atoms with Gasteiger partial charge in [0.25, 0.3) is 0 Å². The second-order valence-electron chi connectivity index (χ2n) is 11.6. The van der Waals surface area contributed by atoms with Crippen molar-refractivity contribution in [2.75, 3.05) is 6.54 Å². The third kappa shape index (κ3) is 10.1. The number of amides is 3. The molecule has 4 aromatic carbocycles. The van der Waals surface area contributed by atoms with Crippen LogP contribution in [0.2, 0.25) is 0 Å². The predicted octanol–water partition coefficient (Wildman–Crippen LogP) is 4.75. The zero-order valence-electron chi connectivity index (χ0n) is 25.5. The Hall–Kier alpha value is -4.49. The Kier molecular flexibility index (Phi) is 12.1. The van der Waals surface area contributed by atoms with Crippen molar-refractivity contribution in [2.45, 2.75) is 64.1 Å². The molecule has 0 fully saturated rings. The number of benzene rings is 4. The maximum atomic E-state index is 13.6. The molecule has 4 aromatic rings. The van der Waals surface area contributed by atoms with Gasteiger partial charge in [0.1, 0.15) is 6.04 Å². The summed E-state index contributed by atoms with van der Waals surface area (Å²) in [5.74, 6) is -0.938. The van der Waals surface area contributed by atoms with Gasteiger partial charge in [-0.2, -0.15) is 0 Å². The lowest BCUT2D eigenvalue weighted by Crippen LogP contribution is -2.55. The minimum atomic E-state index is -0.958. The first kappa shape index (κ1) is 32.4. The average Bonchev–Trinajstić information content (AvgIpc) is 3.03. The molecule has 0 saturated carbocycles. The number of rotatable bonds is 15. The molecule has 230 valence electrons. The maximum absolute atomic E-state index is 13.6. The summed E-state index contributed by atoms with van der Waals surface area (Å²) in [5, 5.41) is 22.1. The van der Waals surface area contributed by atoms with Crippen LogP contribution in [0.5, 0.6) is 0 Å². The zero-order chi connectivity index (χ0) is 31.3. The Labute approximate surface area is 260 Å². The van der Waals surface area contributed by atoms with Crippen LogP contribution in [0, 0.1) is 5.92 Å². The molecule has 3 amide bonds. The standard InChI is InChI=1S/C37H43N3O4/c1-26(2)36(40-35(43)25-29-17-18-30-15-9-10-16-31(30)23-29)37(44)39-32(24-28-13-7-4-8-14-28)33(41)19-20-34(42)38-22-21-27-11-5-3-6-12-27/h3-18,23,26,32-33,36,41H,19-22,24-25H2,1-2H3,(H,38,42)(H,39,44)(H,40,43). The summed E-state index contributed by atoms with van der Waals surface area (Å²) in [7, 11) is 0. The molecule has 0 heterocycles. The summed E-state index contributed by atoms with van der Waals surface area (Å²) in [4.78, 5) is 39.1. The lowest BCUT2D eigenvalue weighted by molar-refractivity contribution is -0.130. The molecule has 0 spiro atoms. The third-order valence-electron chi connectivity index (χ3n) is 7.78. The zero-order valence-corrected chi connectivity index (χ0v) is 25.5. The highest BCUT2D eigenvalue weighted by atomic mass is 16.3. The van der Waals surface area contributed by atoms with Gasteiger partial charge in [-0.15, -0.1) is 0 Å². The molecule has 3 atom stereocenters. The van der Waals surface area contributed by atoms with E-state index in [1.807, 2.05) is 117 Å². The lowest BCUT2D eigenvalue weighted by atomic mass is 9.96. The van der Waals surface area contributed by atoms with Gasteiger partial charge in [0.15, 0.2) is 0 Å². The van der Waals surface area contributed by atoms with Gasteiger partial charge in [-0.3, -0.25) is 14.4 Å². The van der Waals surface area contributed by atoms with E-state index in [1.165, 1.54) is 0 Å². The Balaban J connectivity index is 1.35. The molecule has 7 nitrogen and oxygen atoms in total. The van der Waals surface area contributed by atoms with Crippen LogP contribution >= 0.6 is 0 Å². The van der Waals surface area contributed by atoms with E-state index < -0.39 is 18.2 Å². The molecule has 4 N–H and O–H groups in total.